The van der Waals surface area contributed by atoms with Crippen LogP contribution in [0.5, 0.6) is 0 Å². The number of hydrogen-bond acceptors (Lipinski definition) is 6. The lowest BCUT2D eigenvalue weighted by Gasteiger charge is -2.33. The molecular weight excluding hydrogens is 326 g/mol. The van der Waals surface area contributed by atoms with Gasteiger partial charge in [-0.3, -0.25) is 0 Å². The molecule has 0 amide bonds. The van der Waals surface area contributed by atoms with Gasteiger partial charge < -0.3 is 20.8 Å². The minimum atomic E-state index is 0. The number of nitrogens with two attached hydrogens (primary N) is 2. The van der Waals surface area contributed by atoms with Crippen LogP contribution in [-0.2, 0) is 12.8 Å². The zero-order chi connectivity index (χ0) is 16.8. The van der Waals surface area contributed by atoms with E-state index in [0.29, 0.717) is 19.0 Å². The van der Waals surface area contributed by atoms with E-state index in [1.165, 1.54) is 5.56 Å². The highest BCUT2D eigenvalue weighted by Gasteiger charge is 2.33. The van der Waals surface area contributed by atoms with Crippen LogP contribution in [0.1, 0.15) is 38.5 Å². The van der Waals surface area contributed by atoms with Gasteiger partial charge in [-0.1, -0.05) is 20.8 Å². The third-order valence-electron chi connectivity index (χ3n) is 4.93. The maximum absolute atomic E-state index is 6.14. The summed E-state index contributed by atoms with van der Waals surface area (Å²) in [6, 6.07) is 0. The largest absolute Gasteiger partial charge is 0.455 e. The third kappa shape index (κ3) is 3.30. The summed E-state index contributed by atoms with van der Waals surface area (Å²) in [4.78, 5) is 10.8. The number of likely N-dealkylation sites (N-methyl/N-ethyl adjacent to an activating group) is 1. The van der Waals surface area contributed by atoms with Crippen molar-refractivity contribution in [3.05, 3.63) is 11.3 Å². The lowest BCUT2D eigenvalue weighted by Crippen LogP contribution is -2.26. The molecule has 1 atom stereocenters. The normalized spacial score (nSPS) is 17.5. The van der Waals surface area contributed by atoms with Gasteiger partial charge in [0.25, 0.3) is 0 Å². The van der Waals surface area contributed by atoms with Gasteiger partial charge in [-0.05, 0) is 24.2 Å². The second-order valence-electron chi connectivity index (χ2n) is 7.60. The summed E-state index contributed by atoms with van der Waals surface area (Å²) in [5, 5.41) is 0. The van der Waals surface area contributed by atoms with Crippen molar-refractivity contribution in [1.29, 1.82) is 0 Å². The number of halogens is 1. The predicted molar refractivity (Wildman–Crippen MR) is 101 cm³/mol. The summed E-state index contributed by atoms with van der Waals surface area (Å²) < 4.78 is 6.14. The van der Waals surface area contributed by atoms with Gasteiger partial charge in [0.1, 0.15) is 11.3 Å². The predicted octanol–water partition coefficient (Wildman–Crippen LogP) is 2.77. The molecule has 0 aromatic carbocycles. The molecule has 0 radical (unpaired) electrons. The maximum Gasteiger partial charge on any atom is 0.222 e. The van der Waals surface area contributed by atoms with Crippen LogP contribution in [0, 0.1) is 11.3 Å². The Labute approximate surface area is 149 Å². The van der Waals surface area contributed by atoms with Crippen molar-refractivity contribution in [2.45, 2.75) is 40.0 Å². The van der Waals surface area contributed by atoms with E-state index in [2.05, 4.69) is 30.7 Å². The summed E-state index contributed by atoms with van der Waals surface area (Å²) in [5.74, 6) is 2.69. The van der Waals surface area contributed by atoms with Crippen LogP contribution in [-0.4, -0.2) is 30.1 Å². The zero-order valence-electron chi connectivity index (χ0n) is 14.9. The highest BCUT2D eigenvalue weighted by molar-refractivity contribution is 5.88. The topological polar surface area (TPSA) is 94.2 Å². The fourth-order valence-electron chi connectivity index (χ4n) is 3.43. The molecule has 6 nitrogen and oxygen atoms in total. The van der Waals surface area contributed by atoms with Gasteiger partial charge >= 0.3 is 0 Å². The van der Waals surface area contributed by atoms with E-state index in [0.717, 1.165) is 41.9 Å². The van der Waals surface area contributed by atoms with E-state index in [9.17, 15) is 0 Å². The van der Waals surface area contributed by atoms with Crippen molar-refractivity contribution in [1.82, 2.24) is 9.97 Å². The first-order valence-electron chi connectivity index (χ1n) is 8.30. The quantitative estimate of drug-likeness (QED) is 0.881. The minimum Gasteiger partial charge on any atom is -0.455 e. The second-order valence-corrected chi connectivity index (χ2v) is 7.60. The number of aromatic nitrogens is 2. The number of nitrogens with zero attached hydrogens (tertiary/aromatic N) is 3. The number of nitrogen functional groups attached to an aromatic ring is 1. The summed E-state index contributed by atoms with van der Waals surface area (Å²) >= 11 is 0. The Bertz CT molecular complexity index is 722. The minimum absolute atomic E-state index is 0. The number of anilines is 2. The Morgan fingerprint density at radius 3 is 2.62 bits per heavy atom. The molecule has 4 N–H and O–H groups in total. The number of rotatable bonds is 3. The first kappa shape index (κ1) is 18.8. The summed E-state index contributed by atoms with van der Waals surface area (Å²) in [7, 11) is 1.95. The number of hydrogen-bond donors (Lipinski definition) is 2. The average molecular weight is 354 g/mol. The van der Waals surface area contributed by atoms with Gasteiger partial charge in [0.05, 0.1) is 0 Å². The van der Waals surface area contributed by atoms with Gasteiger partial charge in [0.2, 0.25) is 5.95 Å². The summed E-state index contributed by atoms with van der Waals surface area (Å²) in [5.41, 5.74) is 14.7. The van der Waals surface area contributed by atoms with Crippen molar-refractivity contribution in [2.75, 3.05) is 30.8 Å². The monoisotopic (exact) mass is 353 g/mol. The van der Waals surface area contributed by atoms with Crippen molar-refractivity contribution in [2.24, 2.45) is 17.1 Å². The van der Waals surface area contributed by atoms with Gasteiger partial charge in [-0.2, -0.15) is 4.98 Å². The number of aryl methyl sites for hydroxylation is 1. The first-order chi connectivity index (χ1) is 10.8. The van der Waals surface area contributed by atoms with E-state index in [1.807, 2.05) is 11.9 Å². The van der Waals surface area contributed by atoms with Gasteiger partial charge in [-0.25, -0.2) is 4.98 Å². The average Bonchev–Trinajstić information content (AvgIpc) is 2.83. The molecule has 2 heterocycles. The van der Waals surface area contributed by atoms with Crippen molar-refractivity contribution < 1.29 is 4.42 Å². The fourth-order valence-corrected chi connectivity index (χ4v) is 3.43. The van der Waals surface area contributed by atoms with Crippen molar-refractivity contribution >= 4 is 35.3 Å². The van der Waals surface area contributed by atoms with Crippen LogP contribution in [0.25, 0.3) is 11.1 Å². The highest BCUT2D eigenvalue weighted by atomic mass is 35.5. The molecule has 1 aliphatic rings. The van der Waals surface area contributed by atoms with Crippen LogP contribution >= 0.6 is 12.4 Å². The van der Waals surface area contributed by atoms with E-state index in [1.54, 1.807) is 0 Å². The van der Waals surface area contributed by atoms with E-state index >= 15 is 0 Å². The first-order valence-corrected chi connectivity index (χ1v) is 8.30. The molecule has 1 unspecified atom stereocenters. The number of fused-ring (bicyclic) bond motifs is 3. The van der Waals surface area contributed by atoms with Crippen LogP contribution in [0.3, 0.4) is 0 Å². The van der Waals surface area contributed by atoms with E-state index in [4.69, 9.17) is 15.9 Å². The Balaban J connectivity index is 0.00000208. The Morgan fingerprint density at radius 1 is 1.29 bits per heavy atom. The molecule has 24 heavy (non-hydrogen) atoms. The third-order valence-corrected chi connectivity index (χ3v) is 4.93. The second kappa shape index (κ2) is 6.76. The molecule has 1 aliphatic carbocycles. The Morgan fingerprint density at radius 2 is 2.00 bits per heavy atom. The van der Waals surface area contributed by atoms with Crippen molar-refractivity contribution in [3.8, 4) is 0 Å². The molecule has 0 saturated carbocycles. The highest BCUT2D eigenvalue weighted by Crippen LogP contribution is 2.42. The summed E-state index contributed by atoms with van der Waals surface area (Å²) in [6.45, 7) is 8.15. The Kier molecular flexibility index (Phi) is 5.30. The van der Waals surface area contributed by atoms with Gasteiger partial charge in [0, 0.05) is 32.1 Å². The molecule has 0 spiro atoms. The smallest absolute Gasteiger partial charge is 0.222 e. The maximum atomic E-state index is 6.14. The Hall–Kier alpha value is -1.53. The summed E-state index contributed by atoms with van der Waals surface area (Å²) in [6.07, 6.45) is 3.09. The SMILES string of the molecule is CN(CCN)c1nc(N)nc2c3c(oc12)CCC(C(C)(C)C)C3.Cl. The molecule has 134 valence electrons. The number of furan rings is 1. The van der Waals surface area contributed by atoms with E-state index in [-0.39, 0.29) is 23.8 Å². The molecule has 0 fully saturated rings. The van der Waals surface area contributed by atoms with Gasteiger partial charge in [-0.15, -0.1) is 12.4 Å². The van der Waals surface area contributed by atoms with Crippen LogP contribution in [0.2, 0.25) is 0 Å². The lowest BCUT2D eigenvalue weighted by molar-refractivity contribution is 0.210. The molecule has 0 bridgehead atoms. The van der Waals surface area contributed by atoms with Crippen LogP contribution < -0.4 is 16.4 Å². The molecule has 3 rings (SSSR count). The lowest BCUT2D eigenvalue weighted by atomic mass is 9.72. The van der Waals surface area contributed by atoms with Crippen molar-refractivity contribution in [3.63, 3.8) is 0 Å². The van der Waals surface area contributed by atoms with Crippen LogP contribution in [0.4, 0.5) is 11.8 Å². The molecule has 2 aromatic rings. The standard InChI is InChI=1S/C17H27N5O.ClH/c1-17(2,3)10-5-6-12-11(9-10)13-14(23-12)15(21-16(19)20-13)22(4)8-7-18;/h10H,5-9,18H2,1-4H3,(H2,19,20,21);1H. The molecule has 0 aliphatic heterocycles. The molecular formula is C17H28ClN5O. The molecule has 0 saturated heterocycles. The van der Waals surface area contributed by atoms with Gasteiger partial charge in [0.15, 0.2) is 11.4 Å². The fraction of sp³-hybridized carbons (Fsp3) is 0.647. The molecule has 2 aromatic heterocycles. The molecule has 7 heteroatoms. The zero-order valence-corrected chi connectivity index (χ0v) is 15.7. The van der Waals surface area contributed by atoms with E-state index < -0.39 is 0 Å². The van der Waals surface area contributed by atoms with Crippen LogP contribution in [0.15, 0.2) is 4.42 Å².